The molecule has 0 aromatic carbocycles. The van der Waals surface area contributed by atoms with Crippen LogP contribution in [0.5, 0.6) is 0 Å². The van der Waals surface area contributed by atoms with Gasteiger partial charge < -0.3 is 13.8 Å². The predicted molar refractivity (Wildman–Crippen MR) is 66.6 cm³/mol. The van der Waals surface area contributed by atoms with Gasteiger partial charge in [0.1, 0.15) is 0 Å². The van der Waals surface area contributed by atoms with Crippen LogP contribution in [-0.2, 0) is 25.6 Å². The van der Waals surface area contributed by atoms with E-state index in [1.807, 2.05) is 0 Å². The third-order valence-corrected chi connectivity index (χ3v) is 4.22. The molecule has 0 saturated heterocycles. The predicted octanol–water partition coefficient (Wildman–Crippen LogP) is 2.30. The Morgan fingerprint density at radius 2 is 1.60 bits per heavy atom. The summed E-state index contributed by atoms with van der Waals surface area (Å²) in [5.41, 5.74) is 0. The summed E-state index contributed by atoms with van der Waals surface area (Å²) in [6.07, 6.45) is 1.89. The van der Waals surface area contributed by atoms with Gasteiger partial charge in [-0.2, -0.15) is 0 Å². The van der Waals surface area contributed by atoms with Crippen LogP contribution < -0.4 is 5.09 Å². The Bertz CT molecular complexity index is 180. The van der Waals surface area contributed by atoms with Crippen molar-refractivity contribution in [3.8, 4) is 0 Å². The largest absolute Gasteiger partial charge is 0.383 e. The van der Waals surface area contributed by atoms with Crippen LogP contribution in [0.3, 0.4) is 0 Å². The first kappa shape index (κ1) is 15.5. The smallest absolute Gasteiger partial charge is 0.261 e. The first-order chi connectivity index (χ1) is 7.18. The maximum Gasteiger partial charge on any atom is 0.261 e. The van der Waals surface area contributed by atoms with E-state index < -0.39 is 6.64 Å². The molecule has 15 heavy (non-hydrogen) atoms. The van der Waals surface area contributed by atoms with E-state index in [0.29, 0.717) is 26.4 Å². The Kier molecular flexibility index (Phi) is 10.0. The Hall–Kier alpha value is 0.490. The number of ether oxygens (including phenoxy) is 1. The van der Waals surface area contributed by atoms with Crippen LogP contribution in [0.4, 0.5) is 0 Å². The second kappa shape index (κ2) is 9.70. The Morgan fingerprint density at radius 1 is 1.07 bits per heavy atom. The van der Waals surface area contributed by atoms with Crippen LogP contribution in [0.15, 0.2) is 0 Å². The standard InChI is InChI=1S/C9H22NO3PS/c1-4-7-12-14(15,13-8-5-2)10-6-9-11-3/h4-9H2,1-3H3,(H,10,15). The first-order valence-corrected chi connectivity index (χ1v) is 7.95. The molecule has 0 saturated carbocycles. The molecule has 0 aliphatic rings. The van der Waals surface area contributed by atoms with E-state index in [1.165, 1.54) is 0 Å². The molecule has 0 rings (SSSR count). The fourth-order valence-corrected chi connectivity index (χ4v) is 3.03. The SMILES string of the molecule is CCCOP(=S)(NCCOC)OCCC. The molecule has 4 nitrogen and oxygen atoms in total. The second-order valence-electron chi connectivity index (χ2n) is 3.06. The monoisotopic (exact) mass is 255 g/mol. The van der Waals surface area contributed by atoms with E-state index in [0.717, 1.165) is 12.8 Å². The van der Waals surface area contributed by atoms with Crippen LogP contribution in [-0.4, -0.2) is 33.5 Å². The second-order valence-corrected chi connectivity index (χ2v) is 6.33. The van der Waals surface area contributed by atoms with Gasteiger partial charge in [0.05, 0.1) is 19.8 Å². The van der Waals surface area contributed by atoms with Crippen LogP contribution in [0.1, 0.15) is 26.7 Å². The molecule has 0 unspecified atom stereocenters. The highest BCUT2D eigenvalue weighted by atomic mass is 32.5. The van der Waals surface area contributed by atoms with Gasteiger partial charge in [-0.15, -0.1) is 0 Å². The van der Waals surface area contributed by atoms with Crippen molar-refractivity contribution in [2.75, 3.05) is 33.5 Å². The minimum Gasteiger partial charge on any atom is -0.383 e. The maximum atomic E-state index is 5.56. The summed E-state index contributed by atoms with van der Waals surface area (Å²) in [5.74, 6) is 0. The van der Waals surface area contributed by atoms with Crippen molar-refractivity contribution in [1.82, 2.24) is 5.09 Å². The van der Waals surface area contributed by atoms with Crippen LogP contribution >= 0.6 is 6.64 Å². The summed E-state index contributed by atoms with van der Waals surface area (Å²) < 4.78 is 16.1. The highest BCUT2D eigenvalue weighted by Gasteiger charge is 2.17. The van der Waals surface area contributed by atoms with Gasteiger partial charge in [0.25, 0.3) is 6.64 Å². The molecular weight excluding hydrogens is 233 g/mol. The zero-order chi connectivity index (χ0) is 11.6. The lowest BCUT2D eigenvalue weighted by Gasteiger charge is -2.22. The Balaban J connectivity index is 3.96. The van der Waals surface area contributed by atoms with Gasteiger partial charge in [-0.3, -0.25) is 0 Å². The number of rotatable bonds is 10. The summed E-state index contributed by atoms with van der Waals surface area (Å²) in [6.45, 7) is 4.38. The van der Waals surface area contributed by atoms with Crippen molar-refractivity contribution >= 4 is 18.4 Å². The van der Waals surface area contributed by atoms with E-state index in [2.05, 4.69) is 18.9 Å². The molecule has 0 aromatic rings. The number of nitrogens with one attached hydrogen (secondary N) is 1. The highest BCUT2D eigenvalue weighted by Crippen LogP contribution is 2.43. The molecule has 0 spiro atoms. The summed E-state index contributed by atoms with van der Waals surface area (Å²) >= 11 is 5.35. The van der Waals surface area contributed by atoms with Gasteiger partial charge in [-0.1, -0.05) is 13.8 Å². The lowest BCUT2D eigenvalue weighted by Crippen LogP contribution is -2.19. The van der Waals surface area contributed by atoms with Crippen molar-refractivity contribution in [3.63, 3.8) is 0 Å². The molecule has 0 aromatic heterocycles. The molecule has 0 fully saturated rings. The van der Waals surface area contributed by atoms with Crippen LogP contribution in [0.25, 0.3) is 0 Å². The van der Waals surface area contributed by atoms with Gasteiger partial charge in [0.15, 0.2) is 0 Å². The van der Waals surface area contributed by atoms with Gasteiger partial charge in [-0.05, 0) is 24.6 Å². The third-order valence-electron chi connectivity index (χ3n) is 1.54. The van der Waals surface area contributed by atoms with Crippen molar-refractivity contribution in [2.24, 2.45) is 0 Å². The Morgan fingerprint density at radius 3 is 2.00 bits per heavy atom. The number of hydrogen-bond donors (Lipinski definition) is 1. The van der Waals surface area contributed by atoms with Crippen molar-refractivity contribution in [2.45, 2.75) is 26.7 Å². The minimum absolute atomic E-state index is 0.614. The molecule has 0 bridgehead atoms. The molecule has 0 atom stereocenters. The molecular formula is C9H22NO3PS. The van der Waals surface area contributed by atoms with Gasteiger partial charge >= 0.3 is 0 Å². The molecule has 0 heterocycles. The zero-order valence-corrected chi connectivity index (χ0v) is 11.5. The van der Waals surface area contributed by atoms with Gasteiger partial charge in [0.2, 0.25) is 0 Å². The number of hydrogen-bond acceptors (Lipinski definition) is 4. The molecule has 1 N–H and O–H groups in total. The van der Waals surface area contributed by atoms with Gasteiger partial charge in [-0.25, -0.2) is 5.09 Å². The van der Waals surface area contributed by atoms with E-state index in [9.17, 15) is 0 Å². The van der Waals surface area contributed by atoms with Gasteiger partial charge in [0, 0.05) is 13.7 Å². The molecule has 0 aliphatic carbocycles. The quantitative estimate of drug-likeness (QED) is 0.479. The lowest BCUT2D eigenvalue weighted by atomic mass is 10.5. The molecule has 0 amide bonds. The van der Waals surface area contributed by atoms with E-state index in [4.69, 9.17) is 25.6 Å². The molecule has 6 heteroatoms. The average Bonchev–Trinajstić information content (AvgIpc) is 2.24. The Labute approximate surface area is 97.9 Å². The molecule has 92 valence electrons. The highest BCUT2D eigenvalue weighted by molar-refractivity contribution is 8.08. The van der Waals surface area contributed by atoms with E-state index in [-0.39, 0.29) is 0 Å². The lowest BCUT2D eigenvalue weighted by molar-refractivity contribution is 0.196. The van der Waals surface area contributed by atoms with Crippen molar-refractivity contribution in [3.05, 3.63) is 0 Å². The van der Waals surface area contributed by atoms with Crippen LogP contribution in [0.2, 0.25) is 0 Å². The first-order valence-electron chi connectivity index (χ1n) is 5.31. The normalized spacial score (nSPS) is 11.9. The fraction of sp³-hybridized carbons (Fsp3) is 1.00. The topological polar surface area (TPSA) is 39.7 Å². The summed E-state index contributed by atoms with van der Waals surface area (Å²) in [7, 11) is 1.66. The van der Waals surface area contributed by atoms with E-state index in [1.54, 1.807) is 7.11 Å². The van der Waals surface area contributed by atoms with E-state index >= 15 is 0 Å². The fourth-order valence-electron chi connectivity index (χ4n) is 0.836. The molecule has 0 radical (unpaired) electrons. The average molecular weight is 255 g/mol. The number of methoxy groups -OCH3 is 1. The van der Waals surface area contributed by atoms with Crippen LogP contribution in [0, 0.1) is 0 Å². The van der Waals surface area contributed by atoms with Crippen molar-refractivity contribution in [1.29, 1.82) is 0 Å². The summed E-state index contributed by atoms with van der Waals surface area (Å²) in [5, 5.41) is 3.12. The maximum absolute atomic E-state index is 5.56. The third kappa shape index (κ3) is 8.31. The summed E-state index contributed by atoms with van der Waals surface area (Å²) in [4.78, 5) is 0. The minimum atomic E-state index is -2.28. The van der Waals surface area contributed by atoms with Crippen molar-refractivity contribution < 1.29 is 13.8 Å². The molecule has 0 aliphatic heterocycles. The zero-order valence-electron chi connectivity index (χ0n) is 9.82. The summed E-state index contributed by atoms with van der Waals surface area (Å²) in [6, 6.07) is 0.